The molecule has 0 saturated carbocycles. The van der Waals surface area contributed by atoms with Gasteiger partial charge in [-0.2, -0.15) is 0 Å². The second-order valence-electron chi connectivity index (χ2n) is 4.29. The molecule has 1 heterocycles. The largest absolute Gasteiger partial charge is 0.389 e. The van der Waals surface area contributed by atoms with Crippen LogP contribution >= 0.6 is 22.9 Å². The van der Waals surface area contributed by atoms with Crippen LogP contribution in [0.1, 0.15) is 4.88 Å². The first-order chi connectivity index (χ1) is 9.63. The highest BCUT2D eigenvalue weighted by Gasteiger charge is 2.06. The van der Waals surface area contributed by atoms with Gasteiger partial charge in [0.05, 0.1) is 19.3 Å². The van der Waals surface area contributed by atoms with Crippen LogP contribution in [0.5, 0.6) is 0 Å². The van der Waals surface area contributed by atoms with Crippen LogP contribution in [0.25, 0.3) is 0 Å². The molecule has 108 valence electrons. The second kappa shape index (κ2) is 7.59. The Morgan fingerprint density at radius 1 is 1.40 bits per heavy atom. The Labute approximate surface area is 126 Å². The summed E-state index contributed by atoms with van der Waals surface area (Å²) in [6.07, 6.45) is -0.669. The van der Waals surface area contributed by atoms with Crippen molar-refractivity contribution in [3.8, 4) is 0 Å². The molecule has 6 heteroatoms. The molecule has 3 nitrogen and oxygen atoms in total. The number of hydrogen-bond donors (Lipinski definition) is 2. The third-order valence-corrected chi connectivity index (χ3v) is 3.61. The molecule has 2 rings (SSSR count). The lowest BCUT2D eigenvalue weighted by Crippen LogP contribution is -2.24. The molecule has 0 saturated heterocycles. The molecule has 0 aliphatic carbocycles. The van der Waals surface area contributed by atoms with E-state index in [2.05, 4.69) is 5.32 Å². The Balaban J connectivity index is 1.70. The van der Waals surface area contributed by atoms with Crippen molar-refractivity contribution in [3.05, 3.63) is 51.4 Å². The van der Waals surface area contributed by atoms with Crippen LogP contribution in [-0.4, -0.2) is 24.4 Å². The highest BCUT2D eigenvalue weighted by atomic mass is 35.5. The zero-order valence-corrected chi connectivity index (χ0v) is 12.3. The second-order valence-corrected chi connectivity index (χ2v) is 5.76. The fourth-order valence-corrected chi connectivity index (χ4v) is 2.50. The summed E-state index contributed by atoms with van der Waals surface area (Å²) in [7, 11) is 0. The third kappa shape index (κ3) is 5.09. The molecule has 0 radical (unpaired) electrons. The number of anilines is 1. The minimum absolute atomic E-state index is 0.216. The smallest absolute Gasteiger partial charge is 0.126 e. The quantitative estimate of drug-likeness (QED) is 0.821. The molecule has 1 aromatic heterocycles. The zero-order chi connectivity index (χ0) is 14.4. The topological polar surface area (TPSA) is 41.5 Å². The zero-order valence-electron chi connectivity index (χ0n) is 10.7. The number of aliphatic hydroxyl groups excluding tert-OH is 1. The maximum atomic E-state index is 13.1. The van der Waals surface area contributed by atoms with E-state index in [9.17, 15) is 9.50 Å². The highest BCUT2D eigenvalue weighted by Crippen LogP contribution is 2.18. The van der Waals surface area contributed by atoms with Gasteiger partial charge in [-0.05, 0) is 29.6 Å². The first-order valence-corrected chi connectivity index (χ1v) is 7.37. The lowest BCUT2D eigenvalue weighted by atomic mass is 10.3. The molecule has 2 N–H and O–H groups in total. The SMILES string of the molecule is OC(CNc1cc(F)cc(Cl)c1)COCc1cccs1. The van der Waals surface area contributed by atoms with Crippen molar-refractivity contribution in [2.75, 3.05) is 18.5 Å². The van der Waals surface area contributed by atoms with Gasteiger partial charge >= 0.3 is 0 Å². The van der Waals surface area contributed by atoms with Gasteiger partial charge in [-0.1, -0.05) is 17.7 Å². The lowest BCUT2D eigenvalue weighted by molar-refractivity contribution is 0.0359. The van der Waals surface area contributed by atoms with Crippen molar-refractivity contribution in [2.45, 2.75) is 12.7 Å². The third-order valence-electron chi connectivity index (χ3n) is 2.54. The molecule has 1 atom stereocenters. The molecule has 20 heavy (non-hydrogen) atoms. The molecule has 0 spiro atoms. The molecular weight excluding hydrogens is 301 g/mol. The number of thiophene rings is 1. The van der Waals surface area contributed by atoms with Crippen LogP contribution < -0.4 is 5.32 Å². The van der Waals surface area contributed by atoms with Gasteiger partial charge in [0.25, 0.3) is 0 Å². The van der Waals surface area contributed by atoms with Gasteiger partial charge in [-0.25, -0.2) is 4.39 Å². The minimum Gasteiger partial charge on any atom is -0.389 e. The average Bonchev–Trinajstić information content (AvgIpc) is 2.88. The predicted octanol–water partition coefficient (Wildman–Crippen LogP) is 3.53. The molecule has 2 aromatic rings. The summed E-state index contributed by atoms with van der Waals surface area (Å²) >= 11 is 7.35. The maximum Gasteiger partial charge on any atom is 0.126 e. The molecule has 1 aromatic carbocycles. The summed E-state index contributed by atoms with van der Waals surface area (Å²) in [5.74, 6) is -0.413. The van der Waals surface area contributed by atoms with Gasteiger partial charge in [0, 0.05) is 22.1 Å². The van der Waals surface area contributed by atoms with Gasteiger partial charge in [-0.3, -0.25) is 0 Å². The van der Waals surface area contributed by atoms with E-state index in [1.54, 1.807) is 17.4 Å². The van der Waals surface area contributed by atoms with E-state index >= 15 is 0 Å². The normalized spacial score (nSPS) is 12.3. The summed E-state index contributed by atoms with van der Waals surface area (Å²) in [5, 5.41) is 15.0. The number of aliphatic hydroxyl groups is 1. The predicted molar refractivity (Wildman–Crippen MR) is 79.9 cm³/mol. The van der Waals surface area contributed by atoms with E-state index in [-0.39, 0.29) is 13.2 Å². The van der Waals surface area contributed by atoms with Gasteiger partial charge in [0.2, 0.25) is 0 Å². The Bertz CT molecular complexity index is 516. The lowest BCUT2D eigenvalue weighted by Gasteiger charge is -2.13. The number of halogens is 2. The number of ether oxygens (including phenoxy) is 1. The molecule has 0 bridgehead atoms. The van der Waals surface area contributed by atoms with E-state index in [1.807, 2.05) is 17.5 Å². The van der Waals surface area contributed by atoms with Crippen LogP contribution in [0.15, 0.2) is 35.7 Å². The summed E-state index contributed by atoms with van der Waals surface area (Å²) < 4.78 is 18.5. The van der Waals surface area contributed by atoms with Crippen molar-refractivity contribution < 1.29 is 14.2 Å². The van der Waals surface area contributed by atoms with Crippen molar-refractivity contribution in [1.29, 1.82) is 0 Å². The fourth-order valence-electron chi connectivity index (χ4n) is 1.64. The summed E-state index contributed by atoms with van der Waals surface area (Å²) in [6.45, 7) is 0.971. The van der Waals surface area contributed by atoms with Crippen LogP contribution in [0.2, 0.25) is 5.02 Å². The van der Waals surface area contributed by atoms with E-state index in [1.165, 1.54) is 12.1 Å². The van der Waals surface area contributed by atoms with E-state index < -0.39 is 11.9 Å². The standard InChI is InChI=1S/C14H15ClFNO2S/c15-10-4-11(16)6-12(5-10)17-7-13(18)8-19-9-14-2-1-3-20-14/h1-6,13,17-18H,7-9H2. The Morgan fingerprint density at radius 2 is 2.25 bits per heavy atom. The first-order valence-electron chi connectivity index (χ1n) is 6.11. The Hall–Kier alpha value is -1.14. The van der Waals surface area contributed by atoms with Gasteiger partial charge in [0.1, 0.15) is 5.82 Å². The average molecular weight is 316 g/mol. The van der Waals surface area contributed by atoms with Crippen LogP contribution in [0.4, 0.5) is 10.1 Å². The molecule has 1 unspecified atom stereocenters. The van der Waals surface area contributed by atoms with Crippen LogP contribution in [-0.2, 0) is 11.3 Å². The summed E-state index contributed by atoms with van der Waals surface area (Å²) in [6, 6.07) is 8.08. The van der Waals surface area contributed by atoms with E-state index in [0.29, 0.717) is 17.3 Å². The molecule has 0 aliphatic heterocycles. The van der Waals surface area contributed by atoms with Gasteiger partial charge < -0.3 is 15.2 Å². The number of rotatable bonds is 7. The summed E-state index contributed by atoms with van der Waals surface area (Å²) in [5.41, 5.74) is 0.535. The van der Waals surface area contributed by atoms with Gasteiger partial charge in [-0.15, -0.1) is 11.3 Å². The van der Waals surface area contributed by atoms with Crippen molar-refractivity contribution in [2.24, 2.45) is 0 Å². The highest BCUT2D eigenvalue weighted by molar-refractivity contribution is 7.09. The van der Waals surface area contributed by atoms with Crippen LogP contribution in [0, 0.1) is 5.82 Å². The number of nitrogens with one attached hydrogen (secondary N) is 1. The summed E-state index contributed by atoms with van der Waals surface area (Å²) in [4.78, 5) is 1.11. The molecular formula is C14H15ClFNO2S. The van der Waals surface area contributed by atoms with E-state index in [4.69, 9.17) is 16.3 Å². The molecule has 0 fully saturated rings. The Kier molecular flexibility index (Phi) is 5.79. The molecule has 0 aliphatic rings. The number of benzene rings is 1. The molecule has 0 amide bonds. The minimum atomic E-state index is -0.669. The monoisotopic (exact) mass is 315 g/mol. The van der Waals surface area contributed by atoms with E-state index in [0.717, 1.165) is 4.88 Å². The fraction of sp³-hybridized carbons (Fsp3) is 0.286. The van der Waals surface area contributed by atoms with Crippen molar-refractivity contribution in [3.63, 3.8) is 0 Å². The maximum absolute atomic E-state index is 13.1. The van der Waals surface area contributed by atoms with Crippen LogP contribution in [0.3, 0.4) is 0 Å². The van der Waals surface area contributed by atoms with Crippen molar-refractivity contribution >= 4 is 28.6 Å². The van der Waals surface area contributed by atoms with Crippen molar-refractivity contribution in [1.82, 2.24) is 0 Å². The Morgan fingerprint density at radius 3 is 2.95 bits per heavy atom. The number of hydrogen-bond acceptors (Lipinski definition) is 4. The first kappa shape index (κ1) is 15.3. The van der Waals surface area contributed by atoms with Gasteiger partial charge in [0.15, 0.2) is 0 Å².